The van der Waals surface area contributed by atoms with Gasteiger partial charge in [0.25, 0.3) is 5.91 Å². The van der Waals surface area contributed by atoms with Crippen LogP contribution in [0.3, 0.4) is 0 Å². The second kappa shape index (κ2) is 7.52. The normalized spacial score (nSPS) is 11.0. The number of nitrogens with zero attached hydrogens (tertiary/aromatic N) is 3. The molecule has 5 heteroatoms. The van der Waals surface area contributed by atoms with Crippen molar-refractivity contribution in [2.45, 2.75) is 40.3 Å². The van der Waals surface area contributed by atoms with E-state index < -0.39 is 0 Å². The second-order valence-electron chi connectivity index (χ2n) is 6.72. The third kappa shape index (κ3) is 3.82. The molecule has 5 nitrogen and oxygen atoms in total. The fraction of sp³-hybridized carbons (Fsp3) is 0.286. The summed E-state index contributed by atoms with van der Waals surface area (Å²) in [6.45, 7) is 8.20. The van der Waals surface area contributed by atoms with E-state index in [1.54, 1.807) is 4.90 Å². The molecular weight excluding hydrogens is 326 g/mol. The molecule has 0 N–H and O–H groups in total. The largest absolute Gasteiger partial charge is 0.337 e. The summed E-state index contributed by atoms with van der Waals surface area (Å²) >= 11 is 0. The Morgan fingerprint density at radius 3 is 2.58 bits per heavy atom. The van der Waals surface area contributed by atoms with Gasteiger partial charge in [0.05, 0.1) is 0 Å². The molecule has 0 radical (unpaired) electrons. The highest BCUT2D eigenvalue weighted by atomic mass is 16.5. The standard InChI is InChI=1S/C21H23N3O2/c1-14(2)24(21(25)18-11-6-5-9-16(18)4)13-19-22-20(23-26-19)17-10-7-8-15(3)12-17/h5-12,14H,13H2,1-4H3. The summed E-state index contributed by atoms with van der Waals surface area (Å²) in [5.41, 5.74) is 3.68. The number of rotatable bonds is 5. The van der Waals surface area contributed by atoms with E-state index in [4.69, 9.17) is 4.52 Å². The highest BCUT2D eigenvalue weighted by Crippen LogP contribution is 2.19. The van der Waals surface area contributed by atoms with Crippen LogP contribution in [0, 0.1) is 13.8 Å². The number of amides is 1. The summed E-state index contributed by atoms with van der Waals surface area (Å²) in [5.74, 6) is 0.932. The van der Waals surface area contributed by atoms with Crippen molar-refractivity contribution in [1.29, 1.82) is 0 Å². The molecule has 0 saturated carbocycles. The lowest BCUT2D eigenvalue weighted by molar-refractivity contribution is 0.0666. The van der Waals surface area contributed by atoms with Gasteiger partial charge < -0.3 is 9.42 Å². The van der Waals surface area contributed by atoms with Crippen molar-refractivity contribution in [3.05, 3.63) is 71.1 Å². The lowest BCUT2D eigenvalue weighted by Gasteiger charge is -2.25. The average Bonchev–Trinajstić information content (AvgIpc) is 3.08. The van der Waals surface area contributed by atoms with Crippen molar-refractivity contribution in [2.24, 2.45) is 0 Å². The Bertz CT molecular complexity index is 915. The summed E-state index contributed by atoms with van der Waals surface area (Å²) in [6.07, 6.45) is 0. The van der Waals surface area contributed by atoms with Crippen LogP contribution in [0.4, 0.5) is 0 Å². The first kappa shape index (κ1) is 17.9. The first-order chi connectivity index (χ1) is 12.5. The van der Waals surface area contributed by atoms with Crippen molar-refractivity contribution < 1.29 is 9.32 Å². The number of hydrogen-bond donors (Lipinski definition) is 0. The number of carbonyl (C=O) groups is 1. The minimum Gasteiger partial charge on any atom is -0.337 e. The SMILES string of the molecule is Cc1cccc(-c2noc(CN(C(=O)c3ccccc3C)C(C)C)n2)c1. The van der Waals surface area contributed by atoms with Crippen molar-refractivity contribution in [3.8, 4) is 11.4 Å². The molecule has 0 fully saturated rings. The van der Waals surface area contributed by atoms with E-state index >= 15 is 0 Å². The van der Waals surface area contributed by atoms with Gasteiger partial charge in [-0.1, -0.05) is 47.1 Å². The summed E-state index contributed by atoms with van der Waals surface area (Å²) in [4.78, 5) is 19.2. The van der Waals surface area contributed by atoms with Crippen LogP contribution in [-0.2, 0) is 6.54 Å². The van der Waals surface area contributed by atoms with Crippen molar-refractivity contribution in [1.82, 2.24) is 15.0 Å². The van der Waals surface area contributed by atoms with Gasteiger partial charge in [0.2, 0.25) is 11.7 Å². The number of hydrogen-bond acceptors (Lipinski definition) is 4. The smallest absolute Gasteiger partial charge is 0.254 e. The molecule has 0 aliphatic heterocycles. The Labute approximate surface area is 153 Å². The maximum Gasteiger partial charge on any atom is 0.254 e. The van der Waals surface area contributed by atoms with E-state index in [1.165, 1.54) is 0 Å². The maximum atomic E-state index is 13.0. The van der Waals surface area contributed by atoms with E-state index in [1.807, 2.05) is 76.2 Å². The number of benzene rings is 2. The van der Waals surface area contributed by atoms with Crippen molar-refractivity contribution >= 4 is 5.91 Å². The van der Waals surface area contributed by atoms with E-state index in [0.29, 0.717) is 17.3 Å². The van der Waals surface area contributed by atoms with Gasteiger partial charge in [0, 0.05) is 17.2 Å². The molecule has 0 bridgehead atoms. The molecule has 26 heavy (non-hydrogen) atoms. The van der Waals surface area contributed by atoms with Crippen LogP contribution < -0.4 is 0 Å². The lowest BCUT2D eigenvalue weighted by Crippen LogP contribution is -2.36. The Balaban J connectivity index is 1.83. The Hall–Kier alpha value is -2.95. The molecule has 3 rings (SSSR count). The lowest BCUT2D eigenvalue weighted by atomic mass is 10.1. The van der Waals surface area contributed by atoms with Gasteiger partial charge in [-0.15, -0.1) is 0 Å². The second-order valence-corrected chi connectivity index (χ2v) is 6.72. The minimum atomic E-state index is -0.0339. The molecule has 3 aromatic rings. The van der Waals surface area contributed by atoms with Crippen LogP contribution >= 0.6 is 0 Å². The van der Waals surface area contributed by atoms with Gasteiger partial charge in [0.1, 0.15) is 6.54 Å². The highest BCUT2D eigenvalue weighted by molar-refractivity contribution is 5.95. The molecule has 0 aliphatic rings. The molecule has 134 valence electrons. The molecule has 1 aromatic heterocycles. The van der Waals surface area contributed by atoms with Gasteiger partial charge in [-0.3, -0.25) is 4.79 Å². The topological polar surface area (TPSA) is 59.2 Å². The predicted octanol–water partition coefficient (Wildman–Crippen LogP) is 4.40. The number of aryl methyl sites for hydroxylation is 2. The first-order valence-corrected chi connectivity index (χ1v) is 8.72. The van der Waals surface area contributed by atoms with E-state index in [9.17, 15) is 4.79 Å². The molecule has 2 aromatic carbocycles. The van der Waals surface area contributed by atoms with Crippen LogP contribution in [-0.4, -0.2) is 27.0 Å². The zero-order valence-corrected chi connectivity index (χ0v) is 15.6. The molecule has 0 aliphatic carbocycles. The fourth-order valence-corrected chi connectivity index (χ4v) is 2.82. The van der Waals surface area contributed by atoms with Gasteiger partial charge >= 0.3 is 0 Å². The third-order valence-electron chi connectivity index (χ3n) is 4.31. The Morgan fingerprint density at radius 1 is 1.12 bits per heavy atom. The van der Waals surface area contributed by atoms with Gasteiger partial charge in [0.15, 0.2) is 0 Å². The minimum absolute atomic E-state index is 0.0106. The van der Waals surface area contributed by atoms with Crippen molar-refractivity contribution in [3.63, 3.8) is 0 Å². The number of carbonyl (C=O) groups excluding carboxylic acids is 1. The highest BCUT2D eigenvalue weighted by Gasteiger charge is 2.23. The predicted molar refractivity (Wildman–Crippen MR) is 101 cm³/mol. The zero-order valence-electron chi connectivity index (χ0n) is 15.6. The van der Waals surface area contributed by atoms with Crippen molar-refractivity contribution in [2.75, 3.05) is 0 Å². The fourth-order valence-electron chi connectivity index (χ4n) is 2.82. The molecular formula is C21H23N3O2. The Morgan fingerprint density at radius 2 is 1.88 bits per heavy atom. The van der Waals surface area contributed by atoms with Crippen LogP contribution in [0.15, 0.2) is 53.1 Å². The van der Waals surface area contributed by atoms with E-state index in [-0.39, 0.29) is 18.5 Å². The van der Waals surface area contributed by atoms with Gasteiger partial charge in [-0.25, -0.2) is 0 Å². The summed E-state index contributed by atoms with van der Waals surface area (Å²) < 4.78 is 5.40. The monoisotopic (exact) mass is 349 g/mol. The first-order valence-electron chi connectivity index (χ1n) is 8.72. The molecule has 0 saturated heterocycles. The summed E-state index contributed by atoms with van der Waals surface area (Å²) in [7, 11) is 0. The quantitative estimate of drug-likeness (QED) is 0.685. The summed E-state index contributed by atoms with van der Waals surface area (Å²) in [5, 5.41) is 4.07. The van der Waals surface area contributed by atoms with E-state index in [2.05, 4.69) is 10.1 Å². The van der Waals surface area contributed by atoms with Gasteiger partial charge in [-0.2, -0.15) is 4.98 Å². The van der Waals surface area contributed by atoms with E-state index in [0.717, 1.165) is 16.7 Å². The van der Waals surface area contributed by atoms with Crippen LogP contribution in [0.25, 0.3) is 11.4 Å². The van der Waals surface area contributed by atoms with Crippen LogP contribution in [0.5, 0.6) is 0 Å². The van der Waals surface area contributed by atoms with Gasteiger partial charge in [-0.05, 0) is 45.4 Å². The van der Waals surface area contributed by atoms with Crippen LogP contribution in [0.1, 0.15) is 41.2 Å². The molecule has 1 amide bonds. The Kier molecular flexibility index (Phi) is 5.16. The maximum absolute atomic E-state index is 13.0. The molecule has 1 heterocycles. The molecule has 0 spiro atoms. The number of aromatic nitrogens is 2. The molecule has 0 atom stereocenters. The third-order valence-corrected chi connectivity index (χ3v) is 4.31. The zero-order chi connectivity index (χ0) is 18.7. The molecule has 0 unspecified atom stereocenters. The average molecular weight is 349 g/mol. The summed E-state index contributed by atoms with van der Waals surface area (Å²) in [6, 6.07) is 15.5. The van der Waals surface area contributed by atoms with Crippen LogP contribution in [0.2, 0.25) is 0 Å².